The van der Waals surface area contributed by atoms with Crippen LogP contribution >= 0.6 is 0 Å². The highest BCUT2D eigenvalue weighted by Gasteiger charge is 2.85. The van der Waals surface area contributed by atoms with Gasteiger partial charge in [0.05, 0.1) is 11.9 Å². The predicted octanol–water partition coefficient (Wildman–Crippen LogP) is 2.80. The van der Waals surface area contributed by atoms with E-state index in [-0.39, 0.29) is 48.1 Å². The monoisotopic (exact) mass is 688 g/mol. The van der Waals surface area contributed by atoms with E-state index in [9.17, 15) is 19.5 Å². The number of nitrogens with zero attached hydrogens (tertiary/aromatic N) is 1. The van der Waals surface area contributed by atoms with Crippen molar-refractivity contribution in [3.8, 4) is 0 Å². The number of guanidine groups is 1. The Morgan fingerprint density at radius 1 is 1.22 bits per heavy atom. The number of carbonyl (C=O) groups excluding carboxylic acids is 3. The van der Waals surface area contributed by atoms with Gasteiger partial charge in [0.15, 0.2) is 17.3 Å². The molecule has 0 radical (unpaired) electrons. The van der Waals surface area contributed by atoms with Gasteiger partial charge in [-0.25, -0.2) is 4.79 Å². The lowest BCUT2D eigenvalue weighted by molar-refractivity contribution is -0.158. The summed E-state index contributed by atoms with van der Waals surface area (Å²) in [4.78, 5) is 47.1. The Labute approximate surface area is 294 Å². The summed E-state index contributed by atoms with van der Waals surface area (Å²) in [6.45, 7) is 7.28. The molecule has 2 aliphatic carbocycles. The number of hydrogen-bond donors (Lipinski definition) is 6. The number of esters is 1. The Balaban J connectivity index is 1.46. The molecule has 8 N–H and O–H groups in total. The molecular weight excluding hydrogens is 636 g/mol. The first-order valence-electron chi connectivity index (χ1n) is 17.7. The van der Waals surface area contributed by atoms with Crippen LogP contribution in [0.1, 0.15) is 80.0 Å². The van der Waals surface area contributed by atoms with Crippen LogP contribution in [0.5, 0.6) is 0 Å². The van der Waals surface area contributed by atoms with Crippen molar-refractivity contribution in [2.45, 2.75) is 88.7 Å². The third kappa shape index (κ3) is 7.15. The van der Waals surface area contributed by atoms with Gasteiger partial charge in [-0.2, -0.15) is 0 Å². The van der Waals surface area contributed by atoms with Crippen LogP contribution in [0, 0.1) is 11.8 Å². The van der Waals surface area contributed by atoms with E-state index < -0.39 is 34.8 Å². The molecule has 2 heterocycles. The van der Waals surface area contributed by atoms with Gasteiger partial charge in [-0.3, -0.25) is 14.6 Å². The molecule has 1 fully saturated rings. The maximum atomic E-state index is 14.5. The molecule has 50 heavy (non-hydrogen) atoms. The SMILES string of the molecule is CCNC1C=CC(CC)CC1C(CCCO)OC(=O)C12OC1(CC=C(C)CC(NC(N)=NC)C1=CCNC(N)=C1)C(=O)c1ccccc1C2=O. The van der Waals surface area contributed by atoms with Crippen LogP contribution < -0.4 is 27.4 Å². The zero-order chi connectivity index (χ0) is 36.1. The average molecular weight is 689 g/mol. The number of aliphatic hydroxyl groups excluding tert-OH is 1. The molecule has 12 heteroatoms. The molecule has 0 amide bonds. The number of aliphatic imine (C=N–C) groups is 1. The Hall–Kier alpha value is -4.26. The Kier molecular flexibility index (Phi) is 11.7. The highest BCUT2D eigenvalue weighted by Crippen LogP contribution is 2.59. The number of nitrogens with one attached hydrogen (secondary N) is 3. The summed E-state index contributed by atoms with van der Waals surface area (Å²) in [7, 11) is 1.59. The molecule has 0 aromatic heterocycles. The molecule has 5 rings (SSSR count). The van der Waals surface area contributed by atoms with Gasteiger partial charge in [0.25, 0.3) is 5.60 Å². The number of epoxide rings is 1. The first-order chi connectivity index (χ1) is 24.0. The summed E-state index contributed by atoms with van der Waals surface area (Å²) in [6, 6.07) is 6.19. The first kappa shape index (κ1) is 37.0. The summed E-state index contributed by atoms with van der Waals surface area (Å²) in [5, 5.41) is 19.5. The predicted molar refractivity (Wildman–Crippen MR) is 192 cm³/mol. The smallest absolute Gasteiger partial charge is 0.350 e. The molecule has 12 nitrogen and oxygen atoms in total. The number of ketones is 2. The van der Waals surface area contributed by atoms with E-state index in [1.165, 1.54) is 0 Å². The highest BCUT2D eigenvalue weighted by molar-refractivity contribution is 6.32. The molecule has 7 unspecified atom stereocenters. The van der Waals surface area contributed by atoms with E-state index in [1.807, 2.05) is 32.1 Å². The molecule has 0 spiro atoms. The van der Waals surface area contributed by atoms with E-state index in [4.69, 9.17) is 20.9 Å². The van der Waals surface area contributed by atoms with Crippen LogP contribution in [0.2, 0.25) is 0 Å². The molecule has 4 aliphatic rings. The maximum absolute atomic E-state index is 14.5. The van der Waals surface area contributed by atoms with E-state index in [1.54, 1.807) is 31.3 Å². The van der Waals surface area contributed by atoms with Crippen molar-refractivity contribution in [3.05, 3.63) is 82.7 Å². The van der Waals surface area contributed by atoms with Crippen molar-refractivity contribution in [3.63, 3.8) is 0 Å². The van der Waals surface area contributed by atoms with Gasteiger partial charge in [-0.1, -0.05) is 68.0 Å². The summed E-state index contributed by atoms with van der Waals surface area (Å²) >= 11 is 0. The molecule has 2 aliphatic heterocycles. The number of dihydropyridines is 1. The van der Waals surface area contributed by atoms with E-state index in [0.29, 0.717) is 37.5 Å². The molecule has 7 atom stereocenters. The average Bonchev–Trinajstić information content (AvgIpc) is 3.83. The normalized spacial score (nSPS) is 28.8. The Bertz CT molecular complexity index is 1620. The minimum Gasteiger partial charge on any atom is -0.459 e. The fourth-order valence-corrected chi connectivity index (χ4v) is 7.58. The Morgan fingerprint density at radius 3 is 2.62 bits per heavy atom. The second-order valence-electron chi connectivity index (χ2n) is 13.6. The van der Waals surface area contributed by atoms with E-state index >= 15 is 0 Å². The minimum atomic E-state index is -2.11. The van der Waals surface area contributed by atoms with E-state index in [0.717, 1.165) is 30.5 Å². The quantitative estimate of drug-likeness (QED) is 0.0396. The van der Waals surface area contributed by atoms with Crippen molar-refractivity contribution in [1.29, 1.82) is 0 Å². The van der Waals surface area contributed by atoms with E-state index in [2.05, 4.69) is 40.0 Å². The van der Waals surface area contributed by atoms with Crippen molar-refractivity contribution in [2.24, 2.45) is 28.3 Å². The van der Waals surface area contributed by atoms with Crippen LogP contribution in [-0.2, 0) is 14.3 Å². The molecule has 1 saturated heterocycles. The molecule has 1 aromatic rings. The fourth-order valence-electron chi connectivity index (χ4n) is 7.58. The van der Waals surface area contributed by atoms with Crippen LogP contribution in [-0.4, -0.2) is 84.7 Å². The number of benzene rings is 1. The zero-order valence-corrected chi connectivity index (χ0v) is 29.5. The van der Waals surface area contributed by atoms with Crippen molar-refractivity contribution in [1.82, 2.24) is 16.0 Å². The third-order valence-electron chi connectivity index (χ3n) is 10.4. The van der Waals surface area contributed by atoms with Gasteiger partial charge in [0.2, 0.25) is 5.78 Å². The zero-order valence-electron chi connectivity index (χ0n) is 29.5. The number of nitrogens with two attached hydrogens (primary N) is 2. The molecule has 0 saturated carbocycles. The number of ether oxygens (including phenoxy) is 2. The number of likely N-dealkylation sites (N-methyl/N-ethyl adjacent to an activating group) is 1. The number of carbonyl (C=O) groups is 3. The summed E-state index contributed by atoms with van der Waals surface area (Å²) < 4.78 is 12.5. The minimum absolute atomic E-state index is 0.0130. The van der Waals surface area contributed by atoms with Crippen LogP contribution in [0.4, 0.5) is 0 Å². The number of aliphatic hydroxyl groups is 1. The second-order valence-corrected chi connectivity index (χ2v) is 13.6. The fraction of sp³-hybridized carbons (Fsp3) is 0.526. The van der Waals surface area contributed by atoms with Crippen molar-refractivity contribution in [2.75, 3.05) is 26.7 Å². The largest absolute Gasteiger partial charge is 0.459 e. The lowest BCUT2D eigenvalue weighted by atomic mass is 9.72. The summed E-state index contributed by atoms with van der Waals surface area (Å²) in [6.07, 6.45) is 12.4. The summed E-state index contributed by atoms with van der Waals surface area (Å²) in [5.74, 6) is -0.849. The van der Waals surface area contributed by atoms with Gasteiger partial charge in [0.1, 0.15) is 6.10 Å². The van der Waals surface area contributed by atoms with Crippen molar-refractivity contribution >= 4 is 23.5 Å². The second kappa shape index (κ2) is 15.7. The molecule has 1 aromatic carbocycles. The standard InChI is InChI=1S/C38H52N6O6/c1-5-24-13-14-29(42-6-2)28(21-24)31(12-9-19-45)49-35(48)38-34(47)27-11-8-7-10-26(27)33(46)37(38,50-38)17-15-23(3)20-30(44-36(40)41-4)25-16-18-43-32(39)22-25/h7-8,10-11,13-16,22,24,28-31,42-43,45H,5-6,9,12,17-21,39H2,1-4H3,(H3,40,41,44). The first-order valence-corrected chi connectivity index (χ1v) is 17.7. The topological polar surface area (TPSA) is 194 Å². The number of hydrogen-bond acceptors (Lipinski definition) is 10. The maximum Gasteiger partial charge on any atom is 0.350 e. The van der Waals surface area contributed by atoms with Crippen LogP contribution in [0.15, 0.2) is 76.6 Å². The number of allylic oxidation sites excluding steroid dienone is 1. The lowest BCUT2D eigenvalue weighted by Crippen LogP contribution is -2.52. The van der Waals surface area contributed by atoms with Gasteiger partial charge in [-0.05, 0) is 63.1 Å². The van der Waals surface area contributed by atoms with Crippen molar-refractivity contribution < 1.29 is 29.0 Å². The number of rotatable bonds is 15. The van der Waals surface area contributed by atoms with Gasteiger partial charge in [0, 0.05) is 49.7 Å². The third-order valence-corrected chi connectivity index (χ3v) is 10.4. The lowest BCUT2D eigenvalue weighted by Gasteiger charge is -2.37. The van der Waals surface area contributed by atoms with Gasteiger partial charge >= 0.3 is 5.97 Å². The molecule has 270 valence electrons. The van der Waals surface area contributed by atoms with Gasteiger partial charge < -0.3 is 42.0 Å². The summed E-state index contributed by atoms with van der Waals surface area (Å²) in [5.41, 5.74) is 10.4. The highest BCUT2D eigenvalue weighted by atomic mass is 16.7. The number of Topliss-reactive ketones (excluding diaryl/α,β-unsaturated/α-hetero) is 2. The van der Waals surface area contributed by atoms with Crippen LogP contribution in [0.3, 0.4) is 0 Å². The van der Waals surface area contributed by atoms with Crippen LogP contribution in [0.25, 0.3) is 0 Å². The number of fused-ring (bicyclic) bond motifs is 2. The molecular formula is C38H52N6O6. The Morgan fingerprint density at radius 2 is 1.96 bits per heavy atom. The van der Waals surface area contributed by atoms with Gasteiger partial charge in [-0.15, -0.1) is 0 Å². The molecule has 0 bridgehead atoms.